The summed E-state index contributed by atoms with van der Waals surface area (Å²) < 4.78 is 5.26. The molecule has 2 aromatic carbocycles. The molecule has 7 heteroatoms. The van der Waals surface area contributed by atoms with Gasteiger partial charge in [-0.1, -0.05) is 12.1 Å². The number of benzene rings is 2. The largest absolute Gasteiger partial charge is 0.467 e. The molecule has 1 saturated heterocycles. The first kappa shape index (κ1) is 19.1. The van der Waals surface area contributed by atoms with Crippen LogP contribution in [0.1, 0.15) is 49.7 Å². The van der Waals surface area contributed by atoms with Crippen LogP contribution in [0, 0.1) is 0 Å². The van der Waals surface area contributed by atoms with Crippen molar-refractivity contribution in [3.8, 4) is 0 Å². The summed E-state index contributed by atoms with van der Waals surface area (Å²) in [4.78, 5) is 41.8. The van der Waals surface area contributed by atoms with Gasteiger partial charge < -0.3 is 14.6 Å². The second-order valence-corrected chi connectivity index (χ2v) is 7.70. The minimum absolute atomic E-state index is 0.0596. The molecule has 0 radical (unpaired) electrons. The topological polar surface area (TPSA) is 82.9 Å². The molecule has 1 aromatic heterocycles. The number of nitrogens with zero attached hydrogens (tertiary/aromatic N) is 2. The molecule has 2 aliphatic rings. The van der Waals surface area contributed by atoms with E-state index in [1.54, 1.807) is 24.3 Å². The molecule has 0 spiro atoms. The van der Waals surface area contributed by atoms with Crippen molar-refractivity contribution in [1.29, 1.82) is 0 Å². The molecule has 156 valence electrons. The lowest BCUT2D eigenvalue weighted by Gasteiger charge is -2.21. The maximum absolute atomic E-state index is 13.0. The van der Waals surface area contributed by atoms with Gasteiger partial charge in [0.05, 0.1) is 35.3 Å². The number of hydrogen-bond acceptors (Lipinski definition) is 5. The standard InChI is InChI=1S/C24H21N3O4/c28-22(25-20-7-1-2-8-21(20)26-11-3-4-12-26)16-9-10-18-19(14-16)24(30)27(23(18)29)15-17-6-5-13-31-17/h1-2,5-10,13-14H,3-4,11-12,15H2,(H,25,28). The number of anilines is 2. The van der Waals surface area contributed by atoms with E-state index in [-0.39, 0.29) is 23.9 Å². The third-order valence-corrected chi connectivity index (χ3v) is 5.73. The molecule has 1 fully saturated rings. The van der Waals surface area contributed by atoms with Gasteiger partial charge in [-0.2, -0.15) is 0 Å². The van der Waals surface area contributed by atoms with Gasteiger partial charge in [0.15, 0.2) is 0 Å². The van der Waals surface area contributed by atoms with Gasteiger partial charge in [0, 0.05) is 18.7 Å². The summed E-state index contributed by atoms with van der Waals surface area (Å²) in [6.45, 7) is 1.99. The van der Waals surface area contributed by atoms with Crippen LogP contribution in [0.5, 0.6) is 0 Å². The highest BCUT2D eigenvalue weighted by Gasteiger charge is 2.36. The molecular weight excluding hydrogens is 394 g/mol. The third kappa shape index (κ3) is 3.48. The Kier molecular flexibility index (Phi) is 4.78. The summed E-state index contributed by atoms with van der Waals surface area (Å²) in [6.07, 6.45) is 3.77. The van der Waals surface area contributed by atoms with E-state index >= 15 is 0 Å². The van der Waals surface area contributed by atoms with Crippen molar-refractivity contribution >= 4 is 29.1 Å². The van der Waals surface area contributed by atoms with Gasteiger partial charge >= 0.3 is 0 Å². The average Bonchev–Trinajstić information content (AvgIpc) is 3.54. The fourth-order valence-corrected chi connectivity index (χ4v) is 4.14. The van der Waals surface area contributed by atoms with Gasteiger partial charge in [0.25, 0.3) is 17.7 Å². The summed E-state index contributed by atoms with van der Waals surface area (Å²) in [5, 5.41) is 2.96. The predicted octanol–water partition coefficient (Wildman–Crippen LogP) is 3.93. The van der Waals surface area contributed by atoms with Crippen LogP contribution in [0.15, 0.2) is 65.3 Å². The summed E-state index contributed by atoms with van der Waals surface area (Å²) >= 11 is 0. The molecule has 2 aliphatic heterocycles. The van der Waals surface area contributed by atoms with E-state index in [1.165, 1.54) is 12.3 Å². The van der Waals surface area contributed by atoms with Crippen LogP contribution in [0.4, 0.5) is 11.4 Å². The van der Waals surface area contributed by atoms with Crippen molar-refractivity contribution in [3.63, 3.8) is 0 Å². The highest BCUT2D eigenvalue weighted by Crippen LogP contribution is 2.30. The van der Waals surface area contributed by atoms with Crippen LogP contribution in [0.3, 0.4) is 0 Å². The van der Waals surface area contributed by atoms with E-state index in [0.717, 1.165) is 42.2 Å². The fourth-order valence-electron chi connectivity index (χ4n) is 4.14. The smallest absolute Gasteiger partial charge is 0.261 e. The molecule has 1 N–H and O–H groups in total. The van der Waals surface area contributed by atoms with Crippen LogP contribution < -0.4 is 10.2 Å². The summed E-state index contributed by atoms with van der Waals surface area (Å²) in [7, 11) is 0. The number of amides is 3. The van der Waals surface area contributed by atoms with Crippen molar-refractivity contribution in [2.45, 2.75) is 19.4 Å². The number of fused-ring (bicyclic) bond motifs is 1. The Morgan fingerprint density at radius 3 is 2.48 bits per heavy atom. The lowest BCUT2D eigenvalue weighted by atomic mass is 10.1. The highest BCUT2D eigenvalue weighted by atomic mass is 16.3. The van der Waals surface area contributed by atoms with Gasteiger partial charge in [0.1, 0.15) is 5.76 Å². The fraction of sp³-hybridized carbons (Fsp3) is 0.208. The minimum atomic E-state index is -0.427. The van der Waals surface area contributed by atoms with Gasteiger partial charge in [-0.3, -0.25) is 19.3 Å². The first-order chi connectivity index (χ1) is 15.1. The minimum Gasteiger partial charge on any atom is -0.467 e. The average molecular weight is 415 g/mol. The molecule has 5 rings (SSSR count). The lowest BCUT2D eigenvalue weighted by molar-refractivity contribution is 0.0631. The zero-order valence-electron chi connectivity index (χ0n) is 16.8. The normalized spacial score (nSPS) is 15.5. The Morgan fingerprint density at radius 2 is 1.71 bits per heavy atom. The SMILES string of the molecule is O=C(Nc1ccccc1N1CCCC1)c1ccc2c(c1)C(=O)N(Cc1ccco1)C2=O. The van der Waals surface area contributed by atoms with E-state index in [9.17, 15) is 14.4 Å². The number of para-hydroxylation sites is 2. The Hall–Kier alpha value is -3.87. The highest BCUT2D eigenvalue weighted by molar-refractivity contribution is 6.22. The first-order valence-electron chi connectivity index (χ1n) is 10.3. The molecule has 0 bridgehead atoms. The van der Waals surface area contributed by atoms with E-state index < -0.39 is 5.91 Å². The lowest BCUT2D eigenvalue weighted by Crippen LogP contribution is -2.28. The Bertz CT molecular complexity index is 1160. The van der Waals surface area contributed by atoms with Crippen molar-refractivity contribution < 1.29 is 18.8 Å². The zero-order valence-corrected chi connectivity index (χ0v) is 16.8. The maximum Gasteiger partial charge on any atom is 0.261 e. The number of carbonyl (C=O) groups is 3. The predicted molar refractivity (Wildman–Crippen MR) is 115 cm³/mol. The molecule has 0 atom stereocenters. The molecule has 3 heterocycles. The quantitative estimate of drug-likeness (QED) is 0.639. The van der Waals surface area contributed by atoms with Crippen molar-refractivity contribution in [3.05, 3.63) is 83.3 Å². The van der Waals surface area contributed by atoms with Gasteiger partial charge in [-0.15, -0.1) is 0 Å². The number of hydrogen-bond donors (Lipinski definition) is 1. The molecule has 3 amide bonds. The molecule has 7 nitrogen and oxygen atoms in total. The summed E-state index contributed by atoms with van der Waals surface area (Å²) in [5.41, 5.74) is 2.58. The van der Waals surface area contributed by atoms with E-state index in [4.69, 9.17) is 4.42 Å². The monoisotopic (exact) mass is 415 g/mol. The van der Waals surface area contributed by atoms with Gasteiger partial charge in [-0.25, -0.2) is 0 Å². The number of furan rings is 1. The molecule has 0 aliphatic carbocycles. The molecule has 31 heavy (non-hydrogen) atoms. The van der Waals surface area contributed by atoms with Crippen LogP contribution in [-0.2, 0) is 6.54 Å². The number of nitrogens with one attached hydrogen (secondary N) is 1. The van der Waals surface area contributed by atoms with Gasteiger partial charge in [-0.05, 0) is 55.3 Å². The van der Waals surface area contributed by atoms with Crippen LogP contribution in [0.25, 0.3) is 0 Å². The summed E-state index contributed by atoms with van der Waals surface area (Å²) in [6, 6.07) is 15.7. The molecule has 3 aromatic rings. The molecule has 0 unspecified atom stereocenters. The van der Waals surface area contributed by atoms with E-state index in [2.05, 4.69) is 10.2 Å². The van der Waals surface area contributed by atoms with E-state index in [0.29, 0.717) is 16.9 Å². The van der Waals surface area contributed by atoms with Gasteiger partial charge in [0.2, 0.25) is 0 Å². The van der Waals surface area contributed by atoms with Crippen LogP contribution in [0.2, 0.25) is 0 Å². The Labute approximate surface area is 179 Å². The zero-order chi connectivity index (χ0) is 21.4. The Balaban J connectivity index is 1.38. The van der Waals surface area contributed by atoms with Crippen molar-refractivity contribution in [1.82, 2.24) is 4.90 Å². The van der Waals surface area contributed by atoms with E-state index in [1.807, 2.05) is 24.3 Å². The maximum atomic E-state index is 13.0. The van der Waals surface area contributed by atoms with Crippen LogP contribution in [-0.4, -0.2) is 35.7 Å². The second kappa shape index (κ2) is 7.75. The van der Waals surface area contributed by atoms with Crippen LogP contribution >= 0.6 is 0 Å². The number of imide groups is 1. The molecule has 0 saturated carbocycles. The van der Waals surface area contributed by atoms with Crippen molar-refractivity contribution in [2.24, 2.45) is 0 Å². The summed E-state index contributed by atoms with van der Waals surface area (Å²) in [5.74, 6) is -0.614. The third-order valence-electron chi connectivity index (χ3n) is 5.73. The molecular formula is C24H21N3O4. The number of rotatable bonds is 5. The first-order valence-corrected chi connectivity index (χ1v) is 10.3. The second-order valence-electron chi connectivity index (χ2n) is 7.70. The number of carbonyl (C=O) groups excluding carboxylic acids is 3. The van der Waals surface area contributed by atoms with Crippen molar-refractivity contribution in [2.75, 3.05) is 23.3 Å². The Morgan fingerprint density at radius 1 is 0.935 bits per heavy atom.